The summed E-state index contributed by atoms with van der Waals surface area (Å²) in [6.45, 7) is 12.1. The van der Waals surface area contributed by atoms with Gasteiger partial charge in [-0.1, -0.05) is 440 Å². The first-order valence-electron chi connectivity index (χ1n) is 47.4. The molecule has 0 bridgehead atoms. The van der Waals surface area contributed by atoms with Gasteiger partial charge in [0.2, 0.25) is 0 Å². The van der Waals surface area contributed by atoms with Gasteiger partial charge in [0, 0.05) is 25.7 Å². The maximum atomic E-state index is 13.2. The first-order valence-corrected chi connectivity index (χ1v) is 50.4. The molecule has 0 saturated carbocycles. The van der Waals surface area contributed by atoms with Crippen molar-refractivity contribution in [3.63, 3.8) is 0 Å². The van der Waals surface area contributed by atoms with Gasteiger partial charge in [-0.25, -0.2) is 9.13 Å². The summed E-state index contributed by atoms with van der Waals surface area (Å²) in [5.41, 5.74) is 0. The van der Waals surface area contributed by atoms with Crippen LogP contribution in [0.5, 0.6) is 0 Å². The van der Waals surface area contributed by atoms with Crippen molar-refractivity contribution in [2.45, 2.75) is 510 Å². The van der Waals surface area contributed by atoms with Gasteiger partial charge >= 0.3 is 39.5 Å². The van der Waals surface area contributed by atoms with Crippen molar-refractivity contribution in [2.24, 2.45) is 17.8 Å². The Hall–Kier alpha value is -1.94. The molecule has 0 rings (SSSR count). The lowest BCUT2D eigenvalue weighted by Gasteiger charge is -2.21. The zero-order valence-corrected chi connectivity index (χ0v) is 75.2. The largest absolute Gasteiger partial charge is 0.472 e. The summed E-state index contributed by atoms with van der Waals surface area (Å²) in [7, 11) is -9.94. The number of carbonyl (C=O) groups is 4. The predicted octanol–water partition coefficient (Wildman–Crippen LogP) is 28.4. The first-order chi connectivity index (χ1) is 53.8. The summed E-state index contributed by atoms with van der Waals surface area (Å²) in [5, 5.41) is 10.7. The van der Waals surface area contributed by atoms with Gasteiger partial charge in [0.15, 0.2) is 12.2 Å². The number of rotatable bonds is 90. The lowest BCUT2D eigenvalue weighted by molar-refractivity contribution is -0.161. The number of hydrogen-bond donors (Lipinski definition) is 3. The molecular weight excluding hydrogens is 1440 g/mol. The van der Waals surface area contributed by atoms with Crippen LogP contribution in [-0.4, -0.2) is 96.7 Å². The van der Waals surface area contributed by atoms with Gasteiger partial charge in [0.25, 0.3) is 0 Å². The van der Waals surface area contributed by atoms with E-state index in [0.717, 1.165) is 108 Å². The molecule has 6 atom stereocenters. The Labute approximate surface area is 683 Å². The van der Waals surface area contributed by atoms with E-state index >= 15 is 0 Å². The number of aliphatic hydroxyl groups is 1. The Morgan fingerprint density at radius 2 is 0.459 bits per heavy atom. The van der Waals surface area contributed by atoms with Crippen LogP contribution in [-0.2, 0) is 65.4 Å². The highest BCUT2D eigenvalue weighted by Crippen LogP contribution is 2.45. The van der Waals surface area contributed by atoms with Crippen LogP contribution in [0.4, 0.5) is 0 Å². The second-order valence-electron chi connectivity index (χ2n) is 34.2. The van der Waals surface area contributed by atoms with Crippen molar-refractivity contribution in [2.75, 3.05) is 39.6 Å². The molecule has 0 amide bonds. The Kier molecular flexibility index (Phi) is 80.4. The van der Waals surface area contributed by atoms with E-state index in [-0.39, 0.29) is 25.7 Å². The van der Waals surface area contributed by atoms with Crippen molar-refractivity contribution in [3.8, 4) is 0 Å². The first kappa shape index (κ1) is 109. The highest BCUT2D eigenvalue weighted by molar-refractivity contribution is 7.47. The van der Waals surface area contributed by atoms with E-state index in [4.69, 9.17) is 37.0 Å². The number of carbonyl (C=O) groups excluding carboxylic acids is 4. The normalized spacial score (nSPS) is 14.0. The van der Waals surface area contributed by atoms with E-state index in [1.165, 1.54) is 302 Å². The molecule has 3 N–H and O–H groups in total. The number of aliphatic hydroxyl groups excluding tert-OH is 1. The topological polar surface area (TPSA) is 237 Å². The van der Waals surface area contributed by atoms with Crippen molar-refractivity contribution < 1.29 is 80.2 Å². The number of ether oxygens (including phenoxy) is 4. The SMILES string of the molecule is CCCCCCCCCCCCCCCCCCCCCCCCC(=O)O[C@H](COC(=O)CCCCCCCCCCCCCCCCCCC(C)C)COP(=O)(O)OC[C@@H](O)COP(=O)(O)OC[C@@H](COC(=O)CCCCCCCCCCC(C)CC)OC(=O)CCCCCCCCCCCCCCCCCC(C)C. The van der Waals surface area contributed by atoms with Crippen LogP contribution >= 0.6 is 15.6 Å². The Morgan fingerprint density at radius 1 is 0.261 bits per heavy atom. The molecule has 0 radical (unpaired) electrons. The van der Waals surface area contributed by atoms with Gasteiger partial charge in [-0.15, -0.1) is 0 Å². The quantitative estimate of drug-likeness (QED) is 0.0222. The minimum Gasteiger partial charge on any atom is -0.462 e. The maximum absolute atomic E-state index is 13.2. The van der Waals surface area contributed by atoms with Gasteiger partial charge in [0.05, 0.1) is 26.4 Å². The minimum atomic E-state index is -4.97. The van der Waals surface area contributed by atoms with Gasteiger partial charge in [-0.2, -0.15) is 0 Å². The van der Waals surface area contributed by atoms with Gasteiger partial charge in [0.1, 0.15) is 19.3 Å². The van der Waals surface area contributed by atoms with Crippen LogP contribution in [0.1, 0.15) is 492 Å². The Morgan fingerprint density at radius 3 is 0.685 bits per heavy atom. The monoisotopic (exact) mass is 1620 g/mol. The van der Waals surface area contributed by atoms with Gasteiger partial charge in [-0.3, -0.25) is 37.3 Å². The minimum absolute atomic E-state index is 0.108. The molecule has 0 aliphatic rings. The van der Waals surface area contributed by atoms with Crippen LogP contribution in [0.2, 0.25) is 0 Å². The number of phosphoric ester groups is 2. The van der Waals surface area contributed by atoms with Gasteiger partial charge < -0.3 is 33.8 Å². The molecule has 660 valence electrons. The molecule has 0 heterocycles. The van der Waals surface area contributed by atoms with Crippen LogP contribution in [0.3, 0.4) is 0 Å². The van der Waals surface area contributed by atoms with Crippen LogP contribution in [0.15, 0.2) is 0 Å². The zero-order valence-electron chi connectivity index (χ0n) is 73.4. The third kappa shape index (κ3) is 84.3. The van der Waals surface area contributed by atoms with Crippen molar-refractivity contribution in [1.29, 1.82) is 0 Å². The molecule has 0 aromatic rings. The maximum Gasteiger partial charge on any atom is 0.472 e. The van der Waals surface area contributed by atoms with E-state index < -0.39 is 97.5 Å². The van der Waals surface area contributed by atoms with Crippen LogP contribution < -0.4 is 0 Å². The van der Waals surface area contributed by atoms with E-state index in [1.54, 1.807) is 0 Å². The third-order valence-electron chi connectivity index (χ3n) is 22.0. The van der Waals surface area contributed by atoms with Crippen LogP contribution in [0, 0.1) is 17.8 Å². The highest BCUT2D eigenvalue weighted by Gasteiger charge is 2.31. The van der Waals surface area contributed by atoms with E-state index in [2.05, 4.69) is 48.5 Å². The Balaban J connectivity index is 5.25. The summed E-state index contributed by atoms with van der Waals surface area (Å²) in [5.74, 6) is 0.295. The summed E-state index contributed by atoms with van der Waals surface area (Å²) >= 11 is 0. The summed E-state index contributed by atoms with van der Waals surface area (Å²) in [4.78, 5) is 73.5. The average molecular weight is 1620 g/mol. The third-order valence-corrected chi connectivity index (χ3v) is 23.9. The lowest BCUT2D eigenvalue weighted by atomic mass is 9.99. The Bertz CT molecular complexity index is 2130. The second-order valence-corrected chi connectivity index (χ2v) is 37.2. The fraction of sp³-hybridized carbons (Fsp3) is 0.957. The summed E-state index contributed by atoms with van der Waals surface area (Å²) < 4.78 is 69.1. The molecule has 3 unspecified atom stereocenters. The average Bonchev–Trinajstić information content (AvgIpc) is 0.899. The van der Waals surface area contributed by atoms with Crippen molar-refractivity contribution in [1.82, 2.24) is 0 Å². The molecular formula is C92H180O17P2. The number of esters is 4. The molecule has 19 heteroatoms. The number of hydrogen-bond acceptors (Lipinski definition) is 15. The van der Waals surface area contributed by atoms with Crippen LogP contribution in [0.25, 0.3) is 0 Å². The fourth-order valence-corrected chi connectivity index (χ4v) is 16.0. The van der Waals surface area contributed by atoms with Crippen molar-refractivity contribution >= 4 is 39.5 Å². The van der Waals surface area contributed by atoms with E-state index in [0.29, 0.717) is 25.7 Å². The number of phosphoric acid groups is 2. The smallest absolute Gasteiger partial charge is 0.462 e. The van der Waals surface area contributed by atoms with Gasteiger partial charge in [-0.05, 0) is 43.4 Å². The second kappa shape index (κ2) is 81.8. The van der Waals surface area contributed by atoms with E-state index in [9.17, 15) is 43.2 Å². The summed E-state index contributed by atoms with van der Waals surface area (Å²) in [6, 6.07) is 0. The molecule has 0 fully saturated rings. The molecule has 0 aromatic heterocycles. The molecule has 111 heavy (non-hydrogen) atoms. The van der Waals surface area contributed by atoms with E-state index in [1.807, 2.05) is 0 Å². The summed E-state index contributed by atoms with van der Waals surface area (Å²) in [6.07, 6.45) is 75.1. The van der Waals surface area contributed by atoms with Crippen molar-refractivity contribution in [3.05, 3.63) is 0 Å². The molecule has 0 aliphatic heterocycles. The zero-order chi connectivity index (χ0) is 81.5. The predicted molar refractivity (Wildman–Crippen MR) is 460 cm³/mol. The molecule has 0 spiro atoms. The molecule has 0 aromatic carbocycles. The standard InChI is InChI=1S/C92H180O17P2/c1-8-10-11-12-13-14-15-16-17-18-19-20-21-22-23-30-35-40-45-54-61-68-75-91(96)108-87(79-102-89(94)73-66-59-52-44-39-34-29-25-24-27-32-37-42-49-56-63-70-83(3)4)81-106-110(98,99)104-77-86(93)78-105-111(100,101)107-82-88(80-103-90(95)74-67-60-53-48-47-51-58-65-72-85(7)9-2)109-92(97)76-69-62-55-46-41-36-31-26-28-33-38-43-50-57-64-71-84(5)6/h83-88,93H,8-82H2,1-7H3,(H,98,99)(H,100,101)/t85?,86-,87-,88-/m1/s1. The number of unbranched alkanes of at least 4 members (excludes halogenated alkanes) is 57. The molecule has 17 nitrogen and oxygen atoms in total. The molecule has 0 aliphatic carbocycles. The molecule has 0 saturated heterocycles. The highest BCUT2D eigenvalue weighted by atomic mass is 31.2. The lowest BCUT2D eigenvalue weighted by Crippen LogP contribution is -2.30. The fourth-order valence-electron chi connectivity index (χ4n) is 14.4.